The van der Waals surface area contributed by atoms with Gasteiger partial charge in [-0.2, -0.15) is 0 Å². The largest absolute Gasteiger partial charge is 0.135 e. The molecular formula is C54H32S2. The van der Waals surface area contributed by atoms with Crippen molar-refractivity contribution in [2.24, 2.45) is 0 Å². The van der Waals surface area contributed by atoms with Gasteiger partial charge in [0.1, 0.15) is 0 Å². The lowest BCUT2D eigenvalue weighted by Crippen LogP contribution is -1.99. The zero-order valence-corrected chi connectivity index (χ0v) is 31.9. The maximum absolute atomic E-state index is 2.44. The molecule has 2 aromatic heterocycles. The second-order valence-corrected chi connectivity index (χ2v) is 16.9. The van der Waals surface area contributed by atoms with Gasteiger partial charge >= 0.3 is 0 Å². The van der Waals surface area contributed by atoms with Crippen molar-refractivity contribution in [3.05, 3.63) is 194 Å². The number of hydrogen-bond donors (Lipinski definition) is 0. The van der Waals surface area contributed by atoms with Crippen LogP contribution in [0.3, 0.4) is 0 Å². The highest BCUT2D eigenvalue weighted by atomic mass is 32.1. The van der Waals surface area contributed by atoms with Crippen LogP contribution in [0.4, 0.5) is 0 Å². The van der Waals surface area contributed by atoms with E-state index in [9.17, 15) is 0 Å². The van der Waals surface area contributed by atoms with Gasteiger partial charge in [0.2, 0.25) is 0 Å². The first-order valence-electron chi connectivity index (χ1n) is 19.2. The molecule has 12 rings (SSSR count). The Morgan fingerprint density at radius 1 is 0.232 bits per heavy atom. The van der Waals surface area contributed by atoms with E-state index in [4.69, 9.17) is 0 Å². The van der Waals surface area contributed by atoms with E-state index in [1.54, 1.807) is 0 Å². The molecule has 0 amide bonds. The zero-order valence-electron chi connectivity index (χ0n) is 30.3. The Labute approximate surface area is 333 Å². The summed E-state index contributed by atoms with van der Waals surface area (Å²) >= 11 is 3.77. The maximum atomic E-state index is 2.44. The van der Waals surface area contributed by atoms with E-state index >= 15 is 0 Å². The molecule has 0 spiro atoms. The Morgan fingerprint density at radius 3 is 1.39 bits per heavy atom. The molecule has 1 aliphatic rings. The van der Waals surface area contributed by atoms with Crippen molar-refractivity contribution in [3.8, 4) is 77.9 Å². The quantitative estimate of drug-likeness (QED) is 0.169. The van der Waals surface area contributed by atoms with E-state index in [0.29, 0.717) is 0 Å². The third kappa shape index (κ3) is 4.83. The van der Waals surface area contributed by atoms with Crippen molar-refractivity contribution in [2.45, 2.75) is 0 Å². The van der Waals surface area contributed by atoms with E-state index in [1.807, 2.05) is 22.7 Å². The lowest BCUT2D eigenvalue weighted by Gasteiger charge is -2.25. The molecule has 9 aromatic carbocycles. The fraction of sp³-hybridized carbons (Fsp3) is 0. The van der Waals surface area contributed by atoms with Gasteiger partial charge in [-0.15, -0.1) is 22.7 Å². The lowest BCUT2D eigenvalue weighted by molar-refractivity contribution is 1.51. The minimum absolute atomic E-state index is 1.21. The van der Waals surface area contributed by atoms with Crippen molar-refractivity contribution in [1.82, 2.24) is 0 Å². The minimum Gasteiger partial charge on any atom is -0.135 e. The van der Waals surface area contributed by atoms with Crippen molar-refractivity contribution >= 4 is 63.0 Å². The summed E-state index contributed by atoms with van der Waals surface area (Å²) in [6.45, 7) is 0. The predicted molar refractivity (Wildman–Crippen MR) is 244 cm³/mol. The molecule has 260 valence electrons. The Bertz CT molecular complexity index is 3370. The highest BCUT2D eigenvalue weighted by molar-refractivity contribution is 7.26. The van der Waals surface area contributed by atoms with Crippen LogP contribution < -0.4 is 0 Å². The van der Waals surface area contributed by atoms with Gasteiger partial charge in [0.15, 0.2) is 0 Å². The Hall–Kier alpha value is -6.58. The molecular weight excluding hydrogens is 713 g/mol. The van der Waals surface area contributed by atoms with Gasteiger partial charge in [-0.05, 0) is 120 Å². The van der Waals surface area contributed by atoms with Crippen LogP contribution in [0.5, 0.6) is 0 Å². The smallest absolute Gasteiger partial charge is 0.0433 e. The normalized spacial score (nSPS) is 11.9. The van der Waals surface area contributed by atoms with Crippen LogP contribution in [-0.4, -0.2) is 0 Å². The summed E-state index contributed by atoms with van der Waals surface area (Å²) in [5, 5.41) is 5.27. The number of rotatable bonds is 3. The number of hydrogen-bond acceptors (Lipinski definition) is 2. The molecule has 0 N–H and O–H groups in total. The fourth-order valence-corrected chi connectivity index (χ4v) is 11.5. The molecule has 0 aliphatic heterocycles. The Kier molecular flexibility index (Phi) is 7.07. The third-order valence-electron chi connectivity index (χ3n) is 11.7. The molecule has 0 unspecified atom stereocenters. The summed E-state index contributed by atoms with van der Waals surface area (Å²) in [5.74, 6) is 0. The minimum atomic E-state index is 1.21. The summed E-state index contributed by atoms with van der Waals surface area (Å²) < 4.78 is 5.30. The van der Waals surface area contributed by atoms with Gasteiger partial charge in [-0.3, -0.25) is 0 Å². The van der Waals surface area contributed by atoms with E-state index < -0.39 is 0 Å². The van der Waals surface area contributed by atoms with Crippen LogP contribution in [0, 0.1) is 0 Å². The van der Waals surface area contributed by atoms with Gasteiger partial charge in [0.25, 0.3) is 0 Å². The van der Waals surface area contributed by atoms with E-state index in [1.165, 1.54) is 118 Å². The van der Waals surface area contributed by atoms with E-state index in [-0.39, 0.29) is 0 Å². The third-order valence-corrected chi connectivity index (χ3v) is 14.0. The monoisotopic (exact) mass is 744 g/mol. The van der Waals surface area contributed by atoms with Crippen molar-refractivity contribution < 1.29 is 0 Å². The number of fused-ring (bicyclic) bond motifs is 14. The molecule has 0 fully saturated rings. The summed E-state index contributed by atoms with van der Waals surface area (Å²) in [7, 11) is 0. The molecule has 0 nitrogen and oxygen atoms in total. The summed E-state index contributed by atoms with van der Waals surface area (Å²) in [6.07, 6.45) is 0. The molecule has 11 aromatic rings. The highest BCUT2D eigenvalue weighted by Gasteiger charge is 2.24. The van der Waals surface area contributed by atoms with Gasteiger partial charge in [-0.1, -0.05) is 152 Å². The lowest BCUT2D eigenvalue weighted by atomic mass is 9.78. The fourth-order valence-electron chi connectivity index (χ4n) is 9.13. The second-order valence-electron chi connectivity index (χ2n) is 14.8. The molecule has 1 aliphatic carbocycles. The number of thiophene rings is 2. The molecule has 2 heterocycles. The zero-order chi connectivity index (χ0) is 36.7. The molecule has 0 saturated carbocycles. The van der Waals surface area contributed by atoms with E-state index in [2.05, 4.69) is 194 Å². The molecule has 0 atom stereocenters. The van der Waals surface area contributed by atoms with Crippen LogP contribution in [0.25, 0.3) is 118 Å². The second kappa shape index (κ2) is 12.5. The highest BCUT2D eigenvalue weighted by Crippen LogP contribution is 2.51. The predicted octanol–water partition coefficient (Wildman–Crippen LogP) is 16.4. The van der Waals surface area contributed by atoms with Crippen LogP contribution >= 0.6 is 22.7 Å². The van der Waals surface area contributed by atoms with Crippen LogP contribution in [0.1, 0.15) is 0 Å². The summed E-state index contributed by atoms with van der Waals surface area (Å²) in [4.78, 5) is 0. The molecule has 0 saturated heterocycles. The van der Waals surface area contributed by atoms with Gasteiger partial charge in [-0.25, -0.2) is 0 Å². The molecule has 0 bridgehead atoms. The topological polar surface area (TPSA) is 0 Å². The van der Waals surface area contributed by atoms with Crippen molar-refractivity contribution in [3.63, 3.8) is 0 Å². The first-order chi connectivity index (χ1) is 27.8. The first kappa shape index (κ1) is 31.7. The summed E-state index contributed by atoms with van der Waals surface area (Å²) in [6, 6.07) is 72.5. The number of benzene rings is 9. The molecule has 0 radical (unpaired) electrons. The van der Waals surface area contributed by atoms with Gasteiger partial charge in [0, 0.05) is 40.3 Å². The maximum Gasteiger partial charge on any atom is 0.0433 e. The van der Waals surface area contributed by atoms with Crippen LogP contribution in [0.15, 0.2) is 194 Å². The van der Waals surface area contributed by atoms with Crippen molar-refractivity contribution in [2.75, 3.05) is 0 Å². The standard InChI is InChI=1S/C54H32S2/c1-2-14-40-39(13-1)41-15-3-4-16-43(41)47-23-11-21-37(53(47)46-20-6-5-17-42(40)46)35-29-34(33-27-28-52-49(32-33)45-19-8-9-25-50(45)55-52)30-36(31-35)38-22-12-24-48-44-18-7-10-26-51(44)56-54(38)48/h1-32H. The van der Waals surface area contributed by atoms with Crippen molar-refractivity contribution in [1.29, 1.82) is 0 Å². The average Bonchev–Trinajstić information content (AvgIpc) is 3.84. The van der Waals surface area contributed by atoms with E-state index in [0.717, 1.165) is 0 Å². The summed E-state index contributed by atoms with van der Waals surface area (Å²) in [5.41, 5.74) is 17.5. The van der Waals surface area contributed by atoms with Crippen LogP contribution in [0.2, 0.25) is 0 Å². The first-order valence-corrected chi connectivity index (χ1v) is 20.8. The van der Waals surface area contributed by atoms with Gasteiger partial charge < -0.3 is 0 Å². The van der Waals surface area contributed by atoms with Gasteiger partial charge in [0.05, 0.1) is 0 Å². The average molecular weight is 745 g/mol. The Morgan fingerprint density at radius 2 is 0.679 bits per heavy atom. The SMILES string of the molecule is c1ccc2c(c1)-c1ccccc1-c1cccc(-c3cc(-c4ccc5sc6ccccc6c5c4)cc(-c4cccc5c4sc4ccccc45)c3)c1-c1ccccc1-2. The Balaban J connectivity index is 1.17. The molecule has 56 heavy (non-hydrogen) atoms. The van der Waals surface area contributed by atoms with Crippen LogP contribution in [-0.2, 0) is 0 Å². The molecule has 2 heteroatoms.